The summed E-state index contributed by atoms with van der Waals surface area (Å²) in [5, 5.41) is 11.6. The molecule has 0 bridgehead atoms. The molecule has 106 valence electrons. The van der Waals surface area contributed by atoms with Crippen LogP contribution in [0.1, 0.15) is 24.8 Å². The molecule has 5 nitrogen and oxygen atoms in total. The van der Waals surface area contributed by atoms with E-state index in [1.807, 2.05) is 30.3 Å². The van der Waals surface area contributed by atoms with E-state index in [9.17, 15) is 9.59 Å². The second-order valence-electron chi connectivity index (χ2n) is 4.71. The molecular formula is C15H17NO4. The van der Waals surface area contributed by atoms with E-state index in [1.54, 1.807) is 6.08 Å². The Labute approximate surface area is 117 Å². The van der Waals surface area contributed by atoms with Crippen LogP contribution in [-0.2, 0) is 16.1 Å². The van der Waals surface area contributed by atoms with Gasteiger partial charge in [0.25, 0.3) is 0 Å². The average molecular weight is 275 g/mol. The lowest BCUT2D eigenvalue weighted by molar-refractivity contribution is -0.132. The first kappa shape index (κ1) is 14.1. The van der Waals surface area contributed by atoms with E-state index in [1.165, 1.54) is 0 Å². The standard InChI is InChI=1S/C15H17NO4/c17-14(18)12-6-8-13(9-7-12)16-15(19)20-10-11-4-2-1-3-5-11/h1-6,13H,7-10H2,(H,16,19)(H,17,18). The first-order chi connectivity index (χ1) is 9.65. The van der Waals surface area contributed by atoms with Gasteiger partial charge in [-0.15, -0.1) is 0 Å². The Morgan fingerprint density at radius 1 is 1.30 bits per heavy atom. The highest BCUT2D eigenvalue weighted by Crippen LogP contribution is 2.18. The largest absolute Gasteiger partial charge is 0.478 e. The van der Waals surface area contributed by atoms with E-state index >= 15 is 0 Å². The van der Waals surface area contributed by atoms with Gasteiger partial charge in [0.1, 0.15) is 6.61 Å². The molecule has 1 aliphatic carbocycles. The quantitative estimate of drug-likeness (QED) is 0.885. The summed E-state index contributed by atoms with van der Waals surface area (Å²) in [6, 6.07) is 9.39. The minimum absolute atomic E-state index is 0.0543. The van der Waals surface area contributed by atoms with Crippen molar-refractivity contribution in [3.63, 3.8) is 0 Å². The smallest absolute Gasteiger partial charge is 0.407 e. The Balaban J connectivity index is 1.74. The Bertz CT molecular complexity index is 510. The molecule has 0 fully saturated rings. The van der Waals surface area contributed by atoms with Crippen LogP contribution in [0.2, 0.25) is 0 Å². The molecule has 0 radical (unpaired) electrons. The Morgan fingerprint density at radius 2 is 2.05 bits per heavy atom. The monoisotopic (exact) mass is 275 g/mol. The molecule has 0 spiro atoms. The van der Waals surface area contributed by atoms with Crippen LogP contribution in [0, 0.1) is 0 Å². The summed E-state index contributed by atoms with van der Waals surface area (Å²) in [4.78, 5) is 22.4. The van der Waals surface area contributed by atoms with Gasteiger partial charge in [0.05, 0.1) is 0 Å². The van der Waals surface area contributed by atoms with E-state index in [-0.39, 0.29) is 12.6 Å². The maximum absolute atomic E-state index is 11.6. The third-order valence-electron chi connectivity index (χ3n) is 3.22. The summed E-state index contributed by atoms with van der Waals surface area (Å²) >= 11 is 0. The van der Waals surface area contributed by atoms with E-state index in [2.05, 4.69) is 5.32 Å². The first-order valence-electron chi connectivity index (χ1n) is 6.54. The Morgan fingerprint density at radius 3 is 2.65 bits per heavy atom. The van der Waals surface area contributed by atoms with Gasteiger partial charge in [-0.2, -0.15) is 0 Å². The maximum Gasteiger partial charge on any atom is 0.407 e. The molecule has 0 saturated heterocycles. The highest BCUT2D eigenvalue weighted by Gasteiger charge is 2.20. The number of aliphatic carboxylic acids is 1. The van der Waals surface area contributed by atoms with Crippen LogP contribution >= 0.6 is 0 Å². The molecule has 1 atom stereocenters. The molecule has 1 amide bonds. The van der Waals surface area contributed by atoms with E-state index in [4.69, 9.17) is 9.84 Å². The van der Waals surface area contributed by atoms with Gasteiger partial charge in [0, 0.05) is 11.6 Å². The van der Waals surface area contributed by atoms with Crippen molar-refractivity contribution >= 4 is 12.1 Å². The molecular weight excluding hydrogens is 258 g/mol. The number of hydrogen-bond donors (Lipinski definition) is 2. The van der Waals surface area contributed by atoms with Crippen LogP contribution in [-0.4, -0.2) is 23.2 Å². The van der Waals surface area contributed by atoms with Gasteiger partial charge >= 0.3 is 12.1 Å². The zero-order valence-corrected chi connectivity index (χ0v) is 11.0. The lowest BCUT2D eigenvalue weighted by Crippen LogP contribution is -2.36. The lowest BCUT2D eigenvalue weighted by Gasteiger charge is -2.21. The zero-order chi connectivity index (χ0) is 14.4. The molecule has 1 aromatic rings. The average Bonchev–Trinajstić information content (AvgIpc) is 2.47. The zero-order valence-electron chi connectivity index (χ0n) is 11.0. The van der Waals surface area contributed by atoms with Crippen molar-refractivity contribution in [2.45, 2.75) is 31.9 Å². The molecule has 2 N–H and O–H groups in total. The van der Waals surface area contributed by atoms with Crippen molar-refractivity contribution in [2.75, 3.05) is 0 Å². The lowest BCUT2D eigenvalue weighted by atomic mass is 9.95. The molecule has 0 aromatic heterocycles. The summed E-state index contributed by atoms with van der Waals surface area (Å²) < 4.78 is 5.12. The van der Waals surface area contributed by atoms with Gasteiger partial charge in [-0.3, -0.25) is 0 Å². The van der Waals surface area contributed by atoms with E-state index in [0.29, 0.717) is 24.8 Å². The fourth-order valence-corrected chi connectivity index (χ4v) is 2.09. The number of carbonyl (C=O) groups excluding carboxylic acids is 1. The number of nitrogens with one attached hydrogen (secondary N) is 1. The van der Waals surface area contributed by atoms with Crippen LogP contribution < -0.4 is 5.32 Å². The molecule has 1 unspecified atom stereocenters. The van der Waals surface area contributed by atoms with Crippen molar-refractivity contribution < 1.29 is 19.4 Å². The third kappa shape index (κ3) is 4.12. The molecule has 2 rings (SSSR count). The predicted octanol–water partition coefficient (Wildman–Crippen LogP) is 2.48. The fraction of sp³-hybridized carbons (Fsp3) is 0.333. The van der Waals surface area contributed by atoms with Crippen molar-refractivity contribution in [3.05, 3.63) is 47.5 Å². The van der Waals surface area contributed by atoms with Crippen LogP contribution in [0.3, 0.4) is 0 Å². The molecule has 1 aliphatic rings. The van der Waals surface area contributed by atoms with Gasteiger partial charge in [-0.1, -0.05) is 36.4 Å². The van der Waals surface area contributed by atoms with Crippen LogP contribution in [0.5, 0.6) is 0 Å². The van der Waals surface area contributed by atoms with Gasteiger partial charge in [0.2, 0.25) is 0 Å². The summed E-state index contributed by atoms with van der Waals surface area (Å²) in [7, 11) is 0. The van der Waals surface area contributed by atoms with Crippen molar-refractivity contribution in [1.29, 1.82) is 0 Å². The summed E-state index contributed by atoms with van der Waals surface area (Å²) in [5.74, 6) is -0.880. The van der Waals surface area contributed by atoms with Gasteiger partial charge < -0.3 is 15.2 Å². The SMILES string of the molecule is O=C(NC1CC=C(C(=O)O)CC1)OCc1ccccc1. The van der Waals surface area contributed by atoms with E-state index < -0.39 is 12.1 Å². The second-order valence-corrected chi connectivity index (χ2v) is 4.71. The fourth-order valence-electron chi connectivity index (χ4n) is 2.09. The number of benzene rings is 1. The number of rotatable bonds is 4. The highest BCUT2D eigenvalue weighted by atomic mass is 16.5. The molecule has 0 saturated carbocycles. The minimum Gasteiger partial charge on any atom is -0.478 e. The van der Waals surface area contributed by atoms with Gasteiger partial charge in [-0.05, 0) is 24.8 Å². The number of ether oxygens (including phenoxy) is 1. The normalized spacial score (nSPS) is 18.0. The van der Waals surface area contributed by atoms with Crippen molar-refractivity contribution in [2.24, 2.45) is 0 Å². The summed E-state index contributed by atoms with van der Waals surface area (Å²) in [6.07, 6.45) is 2.82. The molecule has 0 heterocycles. The van der Waals surface area contributed by atoms with Crippen LogP contribution in [0.4, 0.5) is 4.79 Å². The molecule has 20 heavy (non-hydrogen) atoms. The minimum atomic E-state index is -0.880. The maximum atomic E-state index is 11.6. The summed E-state index contributed by atoms with van der Waals surface area (Å²) in [6.45, 7) is 0.232. The number of amides is 1. The van der Waals surface area contributed by atoms with Crippen LogP contribution in [0.25, 0.3) is 0 Å². The third-order valence-corrected chi connectivity index (χ3v) is 3.22. The molecule has 0 aliphatic heterocycles. The van der Waals surface area contributed by atoms with E-state index in [0.717, 1.165) is 5.56 Å². The summed E-state index contributed by atoms with van der Waals surface area (Å²) in [5.41, 5.74) is 1.35. The van der Waals surface area contributed by atoms with Crippen LogP contribution in [0.15, 0.2) is 42.0 Å². The van der Waals surface area contributed by atoms with Gasteiger partial charge in [-0.25, -0.2) is 9.59 Å². The highest BCUT2D eigenvalue weighted by molar-refractivity contribution is 5.86. The molecule has 5 heteroatoms. The number of alkyl carbamates (subject to hydrolysis) is 1. The number of carboxylic acid groups (broad SMARTS) is 1. The first-order valence-corrected chi connectivity index (χ1v) is 6.54. The number of carboxylic acids is 1. The Hall–Kier alpha value is -2.30. The van der Waals surface area contributed by atoms with Crippen molar-refractivity contribution in [1.82, 2.24) is 5.32 Å². The Kier molecular flexibility index (Phi) is 4.76. The van der Waals surface area contributed by atoms with Gasteiger partial charge in [0.15, 0.2) is 0 Å². The predicted molar refractivity (Wildman–Crippen MR) is 73.1 cm³/mol. The molecule has 1 aromatic carbocycles. The number of hydrogen-bond acceptors (Lipinski definition) is 3. The second kappa shape index (κ2) is 6.75. The number of carbonyl (C=O) groups is 2. The topological polar surface area (TPSA) is 75.6 Å². The van der Waals surface area contributed by atoms with Crippen molar-refractivity contribution in [3.8, 4) is 0 Å².